The number of amides is 1. The third kappa shape index (κ3) is 3.51. The van der Waals surface area contributed by atoms with Crippen molar-refractivity contribution in [2.24, 2.45) is 7.05 Å². The Bertz CT molecular complexity index is 1180. The molecule has 148 valence electrons. The average Bonchev–Trinajstić information content (AvgIpc) is 3.35. The van der Waals surface area contributed by atoms with Crippen molar-refractivity contribution in [1.29, 1.82) is 0 Å². The fourth-order valence-corrected chi connectivity index (χ4v) is 3.69. The molecule has 6 nitrogen and oxygen atoms in total. The number of benzene rings is 1. The highest BCUT2D eigenvalue weighted by atomic mass is 35.5. The number of carbonyl (C=O) groups is 1. The molecule has 0 spiro atoms. The van der Waals surface area contributed by atoms with Crippen LogP contribution < -0.4 is 0 Å². The topological polar surface area (TPSA) is 64.2 Å². The van der Waals surface area contributed by atoms with Crippen molar-refractivity contribution >= 4 is 28.5 Å². The number of furan rings is 1. The van der Waals surface area contributed by atoms with E-state index in [1.807, 2.05) is 51.2 Å². The third-order valence-corrected chi connectivity index (χ3v) is 5.33. The summed E-state index contributed by atoms with van der Waals surface area (Å²) in [5.41, 5.74) is 3.47. The second-order valence-corrected chi connectivity index (χ2v) is 7.26. The molecule has 4 aromatic rings. The number of aryl methyl sites for hydroxylation is 2. The van der Waals surface area contributed by atoms with Gasteiger partial charge in [0.2, 0.25) is 0 Å². The Balaban J connectivity index is 1.82. The molecule has 0 aliphatic heterocycles. The van der Waals surface area contributed by atoms with E-state index in [0.29, 0.717) is 40.8 Å². The van der Waals surface area contributed by atoms with E-state index >= 15 is 0 Å². The fourth-order valence-electron chi connectivity index (χ4n) is 3.49. The van der Waals surface area contributed by atoms with Crippen LogP contribution in [0.5, 0.6) is 0 Å². The molecule has 29 heavy (non-hydrogen) atoms. The number of pyridine rings is 1. The van der Waals surface area contributed by atoms with E-state index in [1.54, 1.807) is 28.0 Å². The Morgan fingerprint density at radius 2 is 2.03 bits per heavy atom. The minimum Gasteiger partial charge on any atom is -0.463 e. The summed E-state index contributed by atoms with van der Waals surface area (Å²) >= 11 is 6.32. The summed E-state index contributed by atoms with van der Waals surface area (Å²) in [6, 6.07) is 13.0. The van der Waals surface area contributed by atoms with E-state index in [-0.39, 0.29) is 5.91 Å². The number of carbonyl (C=O) groups excluding carboxylic acids is 1. The van der Waals surface area contributed by atoms with Crippen LogP contribution in [-0.4, -0.2) is 32.1 Å². The molecule has 7 heteroatoms. The standard InChI is InChI=1S/C22H21ClN4O2/c1-4-27(13-15-8-5-6-9-17(15)23)22(28)16-12-18(19-10-7-11-29-19)24-21-20(16)14(2)25-26(21)3/h5-12H,4,13H2,1-3H3. The highest BCUT2D eigenvalue weighted by Gasteiger charge is 2.23. The predicted octanol–water partition coefficient (Wildman–Crippen LogP) is 4.85. The van der Waals surface area contributed by atoms with E-state index in [4.69, 9.17) is 16.0 Å². The van der Waals surface area contributed by atoms with Crippen LogP contribution in [0.2, 0.25) is 5.02 Å². The van der Waals surface area contributed by atoms with Gasteiger partial charge >= 0.3 is 0 Å². The van der Waals surface area contributed by atoms with Crippen LogP contribution in [0.15, 0.2) is 53.1 Å². The summed E-state index contributed by atoms with van der Waals surface area (Å²) in [5.74, 6) is 0.512. The maximum Gasteiger partial charge on any atom is 0.255 e. The van der Waals surface area contributed by atoms with Gasteiger partial charge in [-0.25, -0.2) is 4.98 Å². The van der Waals surface area contributed by atoms with Gasteiger partial charge in [0, 0.05) is 25.2 Å². The van der Waals surface area contributed by atoms with Gasteiger partial charge in [-0.05, 0) is 43.7 Å². The van der Waals surface area contributed by atoms with E-state index in [1.165, 1.54) is 0 Å². The van der Waals surface area contributed by atoms with Gasteiger partial charge in [-0.3, -0.25) is 9.48 Å². The van der Waals surface area contributed by atoms with Crippen molar-refractivity contribution in [2.75, 3.05) is 6.54 Å². The van der Waals surface area contributed by atoms with Crippen molar-refractivity contribution in [2.45, 2.75) is 20.4 Å². The van der Waals surface area contributed by atoms with Crippen molar-refractivity contribution in [3.63, 3.8) is 0 Å². The van der Waals surface area contributed by atoms with E-state index in [9.17, 15) is 4.79 Å². The van der Waals surface area contributed by atoms with Gasteiger partial charge in [-0.2, -0.15) is 5.10 Å². The van der Waals surface area contributed by atoms with Gasteiger partial charge in [0.05, 0.1) is 22.9 Å². The van der Waals surface area contributed by atoms with E-state index in [2.05, 4.69) is 10.1 Å². The Hall–Kier alpha value is -3.12. The largest absolute Gasteiger partial charge is 0.463 e. The lowest BCUT2D eigenvalue weighted by Gasteiger charge is -2.22. The first-order chi connectivity index (χ1) is 14.0. The number of fused-ring (bicyclic) bond motifs is 1. The van der Waals surface area contributed by atoms with Crippen LogP contribution in [0.1, 0.15) is 28.5 Å². The van der Waals surface area contributed by atoms with Gasteiger partial charge < -0.3 is 9.32 Å². The molecular weight excluding hydrogens is 388 g/mol. The van der Waals surface area contributed by atoms with Crippen LogP contribution in [-0.2, 0) is 13.6 Å². The summed E-state index contributed by atoms with van der Waals surface area (Å²) in [7, 11) is 1.82. The number of nitrogens with zero attached hydrogens (tertiary/aromatic N) is 4. The normalized spacial score (nSPS) is 11.2. The van der Waals surface area contributed by atoms with Crippen LogP contribution in [0, 0.1) is 6.92 Å². The SMILES string of the molecule is CCN(Cc1ccccc1Cl)C(=O)c1cc(-c2ccco2)nc2c1c(C)nn2C. The summed E-state index contributed by atoms with van der Waals surface area (Å²) in [4.78, 5) is 20.0. The maximum atomic E-state index is 13.6. The molecule has 0 fully saturated rings. The molecule has 0 atom stereocenters. The second kappa shape index (κ2) is 7.72. The molecule has 0 unspecified atom stereocenters. The number of hydrogen-bond acceptors (Lipinski definition) is 4. The molecular formula is C22H21ClN4O2. The first-order valence-corrected chi connectivity index (χ1v) is 9.78. The summed E-state index contributed by atoms with van der Waals surface area (Å²) < 4.78 is 7.21. The minimum absolute atomic E-state index is 0.0938. The zero-order chi connectivity index (χ0) is 20.5. The molecule has 0 radical (unpaired) electrons. The number of halogens is 1. The zero-order valence-corrected chi connectivity index (χ0v) is 17.3. The zero-order valence-electron chi connectivity index (χ0n) is 16.5. The van der Waals surface area contributed by atoms with Crippen molar-refractivity contribution in [3.05, 3.63) is 70.6 Å². The highest BCUT2D eigenvalue weighted by molar-refractivity contribution is 6.31. The average molecular weight is 409 g/mol. The Morgan fingerprint density at radius 1 is 1.24 bits per heavy atom. The molecule has 1 amide bonds. The van der Waals surface area contributed by atoms with Crippen LogP contribution in [0.25, 0.3) is 22.5 Å². The molecule has 1 aromatic carbocycles. The van der Waals surface area contributed by atoms with Gasteiger partial charge in [0.1, 0.15) is 5.69 Å². The molecule has 0 aliphatic rings. The van der Waals surface area contributed by atoms with Gasteiger partial charge in [0.25, 0.3) is 5.91 Å². The second-order valence-electron chi connectivity index (χ2n) is 6.85. The first-order valence-electron chi connectivity index (χ1n) is 9.40. The molecule has 4 rings (SSSR count). The third-order valence-electron chi connectivity index (χ3n) is 4.96. The quantitative estimate of drug-likeness (QED) is 0.473. The molecule has 0 saturated carbocycles. The van der Waals surface area contributed by atoms with Crippen molar-refractivity contribution in [1.82, 2.24) is 19.7 Å². The van der Waals surface area contributed by atoms with Crippen LogP contribution in [0.3, 0.4) is 0 Å². The van der Waals surface area contributed by atoms with Gasteiger partial charge in [-0.15, -0.1) is 0 Å². The van der Waals surface area contributed by atoms with E-state index < -0.39 is 0 Å². The highest BCUT2D eigenvalue weighted by Crippen LogP contribution is 2.28. The molecule has 3 aromatic heterocycles. The monoisotopic (exact) mass is 408 g/mol. The lowest BCUT2D eigenvalue weighted by molar-refractivity contribution is 0.0754. The molecule has 3 heterocycles. The predicted molar refractivity (Wildman–Crippen MR) is 113 cm³/mol. The number of hydrogen-bond donors (Lipinski definition) is 0. The Kier molecular flexibility index (Phi) is 5.11. The summed E-state index contributed by atoms with van der Waals surface area (Å²) in [6.45, 7) is 4.81. The van der Waals surface area contributed by atoms with Gasteiger partial charge in [-0.1, -0.05) is 29.8 Å². The smallest absolute Gasteiger partial charge is 0.255 e. The van der Waals surface area contributed by atoms with Crippen LogP contribution >= 0.6 is 11.6 Å². The van der Waals surface area contributed by atoms with E-state index in [0.717, 1.165) is 16.6 Å². The van der Waals surface area contributed by atoms with Crippen molar-refractivity contribution in [3.8, 4) is 11.5 Å². The van der Waals surface area contributed by atoms with Gasteiger partial charge in [0.15, 0.2) is 11.4 Å². The molecule has 0 saturated heterocycles. The summed E-state index contributed by atoms with van der Waals surface area (Å²) in [5, 5.41) is 5.87. The molecule has 0 bridgehead atoms. The summed E-state index contributed by atoms with van der Waals surface area (Å²) in [6.07, 6.45) is 1.59. The minimum atomic E-state index is -0.0938. The first kappa shape index (κ1) is 19.2. The Morgan fingerprint density at radius 3 is 2.72 bits per heavy atom. The lowest BCUT2D eigenvalue weighted by Crippen LogP contribution is -2.30. The number of aromatic nitrogens is 3. The maximum absolute atomic E-state index is 13.6. The lowest BCUT2D eigenvalue weighted by atomic mass is 10.1. The fraction of sp³-hybridized carbons (Fsp3) is 0.227. The van der Waals surface area contributed by atoms with Crippen LogP contribution in [0.4, 0.5) is 0 Å². The molecule has 0 aliphatic carbocycles. The number of rotatable bonds is 5. The van der Waals surface area contributed by atoms with Crippen molar-refractivity contribution < 1.29 is 9.21 Å². The molecule has 0 N–H and O–H groups in total. The Labute approximate surface area is 173 Å².